The molecule has 10 nitrogen and oxygen atoms in total. The number of imide groups is 1. The van der Waals surface area contributed by atoms with Gasteiger partial charge in [0.2, 0.25) is 11.8 Å². The van der Waals surface area contributed by atoms with Crippen molar-refractivity contribution >= 4 is 34.1 Å². The molecule has 0 saturated carbocycles. The lowest BCUT2D eigenvalue weighted by atomic mass is 9.75. The molecule has 2 fully saturated rings. The molecule has 194 valence electrons. The fourth-order valence-electron chi connectivity index (χ4n) is 6.72. The Morgan fingerprint density at radius 2 is 1.72 bits per heavy atom. The second-order valence-corrected chi connectivity index (χ2v) is 10.6. The van der Waals surface area contributed by atoms with Gasteiger partial charge in [-0.2, -0.15) is 0 Å². The summed E-state index contributed by atoms with van der Waals surface area (Å²) >= 11 is 0. The molecule has 3 aliphatic heterocycles. The standard InChI is InChI=1S/C29H23N5O5/c1-15(2)24-22-23(27(37)32(26(22)36)16-8-7-9-17(14-16)34(38)39)29(31-24)19-11-4-6-13-21(19)33-25(35)18-10-3-5-12-20(18)30-28(29)33/h3-15,22-24,31H,1-2H3. The van der Waals surface area contributed by atoms with Gasteiger partial charge in [0, 0.05) is 23.7 Å². The number of hydrogen-bond donors (Lipinski definition) is 1. The number of non-ortho nitro benzene ring substituents is 1. The van der Waals surface area contributed by atoms with Gasteiger partial charge in [0.15, 0.2) is 0 Å². The number of hydrogen-bond acceptors (Lipinski definition) is 7. The van der Waals surface area contributed by atoms with E-state index in [0.717, 1.165) is 4.90 Å². The van der Waals surface area contributed by atoms with Crippen molar-refractivity contribution in [3.05, 3.63) is 105 Å². The van der Waals surface area contributed by atoms with E-state index in [1.807, 2.05) is 38.1 Å². The van der Waals surface area contributed by atoms with Gasteiger partial charge in [-0.3, -0.25) is 34.4 Å². The summed E-state index contributed by atoms with van der Waals surface area (Å²) in [4.78, 5) is 59.1. The molecule has 4 heterocycles. The van der Waals surface area contributed by atoms with Crippen molar-refractivity contribution < 1.29 is 14.5 Å². The minimum absolute atomic E-state index is 0.0490. The summed E-state index contributed by atoms with van der Waals surface area (Å²) in [5, 5.41) is 15.5. The van der Waals surface area contributed by atoms with Crippen LogP contribution in [0.15, 0.2) is 77.6 Å². The predicted octanol–water partition coefficient (Wildman–Crippen LogP) is 3.28. The average molecular weight is 522 g/mol. The third-order valence-electron chi connectivity index (χ3n) is 8.31. The molecule has 10 heteroatoms. The fourth-order valence-corrected chi connectivity index (χ4v) is 6.72. The predicted molar refractivity (Wildman–Crippen MR) is 142 cm³/mol. The van der Waals surface area contributed by atoms with Crippen LogP contribution in [0.2, 0.25) is 0 Å². The van der Waals surface area contributed by atoms with Gasteiger partial charge in [-0.05, 0) is 30.2 Å². The first-order chi connectivity index (χ1) is 18.8. The normalized spacial score (nSPS) is 25.0. The van der Waals surface area contributed by atoms with Gasteiger partial charge in [0.1, 0.15) is 11.4 Å². The number of aromatic nitrogens is 2. The first-order valence-electron chi connectivity index (χ1n) is 12.8. The van der Waals surface area contributed by atoms with Crippen molar-refractivity contribution in [2.24, 2.45) is 17.8 Å². The van der Waals surface area contributed by atoms with Crippen LogP contribution in [0.25, 0.3) is 16.6 Å². The van der Waals surface area contributed by atoms with Gasteiger partial charge in [-0.15, -0.1) is 0 Å². The minimum Gasteiger partial charge on any atom is -0.296 e. The van der Waals surface area contributed by atoms with Gasteiger partial charge in [0.25, 0.3) is 11.2 Å². The highest BCUT2D eigenvalue weighted by atomic mass is 16.6. The summed E-state index contributed by atoms with van der Waals surface area (Å²) in [6, 6.07) is 19.6. The lowest BCUT2D eigenvalue weighted by Crippen LogP contribution is -2.51. The monoisotopic (exact) mass is 521 g/mol. The Bertz CT molecular complexity index is 1810. The second kappa shape index (κ2) is 7.90. The van der Waals surface area contributed by atoms with Crippen LogP contribution < -0.4 is 15.8 Å². The lowest BCUT2D eigenvalue weighted by Gasteiger charge is -2.32. The SMILES string of the molecule is CC(C)C1NC2(c3ccccc3-n3c2nc2ccccc2c3=O)C2C(=O)N(c3cccc([N+](=O)[O-])c3)C(=O)C12. The van der Waals surface area contributed by atoms with E-state index >= 15 is 0 Å². The average Bonchev–Trinajstić information content (AvgIpc) is 3.52. The van der Waals surface area contributed by atoms with Crippen molar-refractivity contribution in [2.75, 3.05) is 4.90 Å². The number of anilines is 1. The van der Waals surface area contributed by atoms with Gasteiger partial charge in [0.05, 0.1) is 39.0 Å². The Morgan fingerprint density at radius 1 is 0.974 bits per heavy atom. The van der Waals surface area contributed by atoms with Crippen molar-refractivity contribution in [3.8, 4) is 5.69 Å². The van der Waals surface area contributed by atoms with Gasteiger partial charge in [-0.25, -0.2) is 9.88 Å². The third kappa shape index (κ3) is 2.89. The number of fused-ring (bicyclic) bond motifs is 8. The quantitative estimate of drug-likeness (QED) is 0.249. The summed E-state index contributed by atoms with van der Waals surface area (Å²) in [5.41, 5.74) is 0.251. The molecule has 4 atom stereocenters. The van der Waals surface area contributed by atoms with Gasteiger partial charge >= 0.3 is 0 Å². The maximum atomic E-state index is 14.4. The van der Waals surface area contributed by atoms with Crippen LogP contribution in [0.4, 0.5) is 11.4 Å². The first kappa shape index (κ1) is 23.4. The van der Waals surface area contributed by atoms with Crippen LogP contribution in [0.1, 0.15) is 25.2 Å². The van der Waals surface area contributed by atoms with Crippen LogP contribution in [-0.4, -0.2) is 32.3 Å². The number of amides is 2. The van der Waals surface area contributed by atoms with E-state index in [1.54, 1.807) is 28.8 Å². The molecular weight excluding hydrogens is 498 g/mol. The van der Waals surface area contributed by atoms with Crippen LogP contribution in [0.3, 0.4) is 0 Å². The second-order valence-electron chi connectivity index (χ2n) is 10.6. The number of para-hydroxylation sites is 2. The molecular formula is C29H23N5O5. The molecule has 7 rings (SSSR count). The van der Waals surface area contributed by atoms with Crippen LogP contribution in [0.5, 0.6) is 0 Å². The highest BCUT2D eigenvalue weighted by molar-refractivity contribution is 6.23. The zero-order chi connectivity index (χ0) is 27.2. The van der Waals surface area contributed by atoms with E-state index in [1.165, 1.54) is 24.3 Å². The summed E-state index contributed by atoms with van der Waals surface area (Å²) < 4.78 is 1.55. The minimum atomic E-state index is -1.25. The lowest BCUT2D eigenvalue weighted by molar-refractivity contribution is -0.384. The maximum absolute atomic E-state index is 14.4. The molecule has 4 unspecified atom stereocenters. The fraction of sp³-hybridized carbons (Fsp3) is 0.241. The molecule has 1 N–H and O–H groups in total. The Kier molecular flexibility index (Phi) is 4.75. The van der Waals surface area contributed by atoms with Crippen molar-refractivity contribution in [1.82, 2.24) is 14.9 Å². The highest BCUT2D eigenvalue weighted by Gasteiger charge is 2.70. The molecule has 0 bridgehead atoms. The highest BCUT2D eigenvalue weighted by Crippen LogP contribution is 2.56. The molecule has 4 aromatic rings. The summed E-state index contributed by atoms with van der Waals surface area (Å²) in [6.45, 7) is 3.95. The molecule has 2 amide bonds. The van der Waals surface area contributed by atoms with Gasteiger partial charge in [-0.1, -0.05) is 50.2 Å². The summed E-state index contributed by atoms with van der Waals surface area (Å²) in [5.74, 6) is -2.27. The molecule has 0 radical (unpaired) electrons. The zero-order valence-corrected chi connectivity index (χ0v) is 21.1. The summed E-state index contributed by atoms with van der Waals surface area (Å²) in [7, 11) is 0. The van der Waals surface area contributed by atoms with Crippen LogP contribution >= 0.6 is 0 Å². The van der Waals surface area contributed by atoms with E-state index in [4.69, 9.17) is 4.98 Å². The Hall–Kier alpha value is -4.70. The summed E-state index contributed by atoms with van der Waals surface area (Å²) in [6.07, 6.45) is 0. The molecule has 2 saturated heterocycles. The van der Waals surface area contributed by atoms with E-state index in [-0.39, 0.29) is 22.9 Å². The van der Waals surface area contributed by atoms with Crippen molar-refractivity contribution in [3.63, 3.8) is 0 Å². The molecule has 3 aromatic carbocycles. The maximum Gasteiger partial charge on any atom is 0.271 e. The van der Waals surface area contributed by atoms with Gasteiger partial charge < -0.3 is 0 Å². The largest absolute Gasteiger partial charge is 0.296 e. The Balaban J connectivity index is 1.51. The first-order valence-corrected chi connectivity index (χ1v) is 12.8. The van der Waals surface area contributed by atoms with E-state index in [2.05, 4.69) is 5.32 Å². The van der Waals surface area contributed by atoms with Crippen LogP contribution in [0, 0.1) is 27.9 Å². The number of nitro benzene ring substituents is 1. The Labute approximate surface area is 222 Å². The number of nitrogens with zero attached hydrogens (tertiary/aromatic N) is 4. The molecule has 1 aromatic heterocycles. The number of benzene rings is 3. The van der Waals surface area contributed by atoms with E-state index < -0.39 is 40.2 Å². The molecule has 39 heavy (non-hydrogen) atoms. The number of rotatable bonds is 3. The van der Waals surface area contributed by atoms with E-state index in [9.17, 15) is 24.5 Å². The topological polar surface area (TPSA) is 127 Å². The van der Waals surface area contributed by atoms with Crippen molar-refractivity contribution in [2.45, 2.75) is 25.4 Å². The number of nitrogens with one attached hydrogen (secondary N) is 1. The zero-order valence-electron chi connectivity index (χ0n) is 21.1. The van der Waals surface area contributed by atoms with Crippen LogP contribution in [-0.2, 0) is 15.1 Å². The molecule has 1 spiro atoms. The Morgan fingerprint density at radius 3 is 2.49 bits per heavy atom. The number of nitro groups is 1. The smallest absolute Gasteiger partial charge is 0.271 e. The number of carbonyl (C=O) groups excluding carboxylic acids is 2. The molecule has 0 aliphatic carbocycles. The molecule has 3 aliphatic rings. The van der Waals surface area contributed by atoms with Crippen molar-refractivity contribution in [1.29, 1.82) is 0 Å². The van der Waals surface area contributed by atoms with E-state index in [0.29, 0.717) is 28.0 Å². The number of carbonyl (C=O) groups is 2. The third-order valence-corrected chi connectivity index (χ3v) is 8.31.